The Hall–Kier alpha value is -2.75. The van der Waals surface area contributed by atoms with E-state index in [9.17, 15) is 4.79 Å². The van der Waals surface area contributed by atoms with Crippen molar-refractivity contribution >= 4 is 22.5 Å². The summed E-state index contributed by atoms with van der Waals surface area (Å²) in [4.78, 5) is 18.5. The zero-order valence-corrected chi connectivity index (χ0v) is 15.7. The maximum absolute atomic E-state index is 13.0. The summed E-state index contributed by atoms with van der Waals surface area (Å²) >= 11 is 0. The smallest absolute Gasteiger partial charge is 0.227 e. The van der Waals surface area contributed by atoms with Crippen LogP contribution in [0.15, 0.2) is 48.5 Å². The molecule has 3 aromatic rings. The van der Waals surface area contributed by atoms with Gasteiger partial charge in [0, 0.05) is 47.3 Å². The van der Waals surface area contributed by atoms with E-state index in [1.807, 2.05) is 12.1 Å². The number of carbonyl (C=O) groups is 1. The fraction of sp³-hybridized carbons (Fsp3) is 0.348. The maximum atomic E-state index is 13.0. The average molecular weight is 359 g/mol. The van der Waals surface area contributed by atoms with Gasteiger partial charge in [-0.2, -0.15) is 0 Å². The predicted molar refractivity (Wildman–Crippen MR) is 109 cm³/mol. The number of H-pyrrole nitrogens is 1. The highest BCUT2D eigenvalue weighted by molar-refractivity contribution is 5.90. The molecule has 1 fully saturated rings. The lowest BCUT2D eigenvalue weighted by molar-refractivity contribution is -0.132. The van der Waals surface area contributed by atoms with Crippen molar-refractivity contribution in [3.63, 3.8) is 0 Å². The summed E-state index contributed by atoms with van der Waals surface area (Å²) in [6, 6.07) is 16.9. The van der Waals surface area contributed by atoms with Crippen LogP contribution in [0.3, 0.4) is 0 Å². The lowest BCUT2D eigenvalue weighted by Crippen LogP contribution is -2.46. The topological polar surface area (TPSA) is 48.1 Å². The fourth-order valence-electron chi connectivity index (χ4n) is 4.92. The Balaban J connectivity index is 1.31. The van der Waals surface area contributed by atoms with Crippen molar-refractivity contribution in [3.05, 3.63) is 65.4 Å². The van der Waals surface area contributed by atoms with E-state index in [0.29, 0.717) is 6.42 Å². The third-order valence-electron chi connectivity index (χ3n) is 6.54. The van der Waals surface area contributed by atoms with Crippen molar-refractivity contribution in [2.45, 2.75) is 31.6 Å². The SMILES string of the molecule is Cc1[nH]c2ccccc2c1CC(=O)N1CCC2(CC1)CNc1ccccc12. The number of anilines is 1. The lowest BCUT2D eigenvalue weighted by Gasteiger charge is -2.39. The number of likely N-dealkylation sites (tertiary alicyclic amines) is 1. The molecule has 0 aliphatic carbocycles. The van der Waals surface area contributed by atoms with Crippen LogP contribution >= 0.6 is 0 Å². The molecule has 0 atom stereocenters. The van der Waals surface area contributed by atoms with Gasteiger partial charge in [0.1, 0.15) is 0 Å². The molecule has 1 spiro atoms. The molecule has 0 radical (unpaired) electrons. The Bertz CT molecular complexity index is 1010. The summed E-state index contributed by atoms with van der Waals surface area (Å²) < 4.78 is 0. The number of benzene rings is 2. The van der Waals surface area contributed by atoms with E-state index < -0.39 is 0 Å². The van der Waals surface area contributed by atoms with Crippen LogP contribution in [0.4, 0.5) is 5.69 Å². The molecule has 3 heterocycles. The van der Waals surface area contributed by atoms with E-state index in [0.717, 1.165) is 49.2 Å². The molecule has 0 unspecified atom stereocenters. The van der Waals surface area contributed by atoms with Crippen LogP contribution in [0, 0.1) is 6.92 Å². The van der Waals surface area contributed by atoms with Crippen molar-refractivity contribution in [3.8, 4) is 0 Å². The molecule has 0 bridgehead atoms. The van der Waals surface area contributed by atoms with Gasteiger partial charge >= 0.3 is 0 Å². The first kappa shape index (κ1) is 16.4. The van der Waals surface area contributed by atoms with Gasteiger partial charge in [-0.3, -0.25) is 4.79 Å². The molecular weight excluding hydrogens is 334 g/mol. The summed E-state index contributed by atoms with van der Waals surface area (Å²) in [5.41, 5.74) is 6.26. The van der Waals surface area contributed by atoms with Crippen molar-refractivity contribution in [1.29, 1.82) is 0 Å². The van der Waals surface area contributed by atoms with Crippen molar-refractivity contribution in [2.75, 3.05) is 25.0 Å². The average Bonchev–Trinajstić information content (AvgIpc) is 3.21. The zero-order chi connectivity index (χ0) is 18.4. The quantitative estimate of drug-likeness (QED) is 0.726. The van der Waals surface area contributed by atoms with E-state index in [1.54, 1.807) is 0 Å². The standard InChI is InChI=1S/C23H25N3O/c1-16-18(17-6-2-4-8-20(17)25-16)14-22(27)26-12-10-23(11-13-26)15-24-21-9-5-3-7-19(21)23/h2-9,24-25H,10-15H2,1H3. The number of carbonyl (C=O) groups excluding carboxylic acids is 1. The second-order valence-electron chi connectivity index (χ2n) is 8.01. The minimum absolute atomic E-state index is 0.198. The van der Waals surface area contributed by atoms with Gasteiger partial charge in [0.2, 0.25) is 5.91 Å². The number of aromatic amines is 1. The number of amides is 1. The number of aryl methyl sites for hydroxylation is 1. The Labute approximate surface area is 159 Å². The maximum Gasteiger partial charge on any atom is 0.227 e. The molecule has 4 heteroatoms. The molecular formula is C23H25N3O. The van der Waals surface area contributed by atoms with Crippen LogP contribution in [0.1, 0.15) is 29.7 Å². The third kappa shape index (κ3) is 2.62. The molecule has 2 aliphatic rings. The Morgan fingerprint density at radius 1 is 1.07 bits per heavy atom. The fourth-order valence-corrected chi connectivity index (χ4v) is 4.92. The highest BCUT2D eigenvalue weighted by Crippen LogP contribution is 2.43. The largest absolute Gasteiger partial charge is 0.384 e. The Morgan fingerprint density at radius 3 is 2.67 bits per heavy atom. The number of rotatable bonds is 2. The molecule has 2 N–H and O–H groups in total. The highest BCUT2D eigenvalue weighted by atomic mass is 16.2. The minimum Gasteiger partial charge on any atom is -0.384 e. The van der Waals surface area contributed by atoms with Crippen molar-refractivity contribution in [2.24, 2.45) is 0 Å². The molecule has 2 aromatic carbocycles. The summed E-state index contributed by atoms with van der Waals surface area (Å²) in [7, 11) is 0. The molecule has 4 nitrogen and oxygen atoms in total. The number of nitrogens with zero attached hydrogens (tertiary/aromatic N) is 1. The molecule has 138 valence electrons. The van der Waals surface area contributed by atoms with Crippen LogP contribution in [0.5, 0.6) is 0 Å². The molecule has 0 saturated carbocycles. The monoisotopic (exact) mass is 359 g/mol. The molecule has 1 amide bonds. The second-order valence-corrected chi connectivity index (χ2v) is 8.01. The number of fused-ring (bicyclic) bond motifs is 3. The second kappa shape index (κ2) is 6.15. The Kier molecular flexibility index (Phi) is 3.74. The lowest BCUT2D eigenvalue weighted by atomic mass is 9.74. The predicted octanol–water partition coefficient (Wildman–Crippen LogP) is 4.00. The minimum atomic E-state index is 0.198. The van der Waals surface area contributed by atoms with Crippen molar-refractivity contribution in [1.82, 2.24) is 9.88 Å². The number of aromatic nitrogens is 1. The molecule has 5 rings (SSSR count). The summed E-state index contributed by atoms with van der Waals surface area (Å²) in [5.74, 6) is 0.247. The first-order valence-electron chi connectivity index (χ1n) is 9.84. The third-order valence-corrected chi connectivity index (χ3v) is 6.54. The van der Waals surface area contributed by atoms with E-state index in [-0.39, 0.29) is 11.3 Å². The Morgan fingerprint density at radius 2 is 1.81 bits per heavy atom. The van der Waals surface area contributed by atoms with Crippen molar-refractivity contribution < 1.29 is 4.79 Å². The summed E-state index contributed by atoms with van der Waals surface area (Å²) in [6.07, 6.45) is 2.56. The van der Waals surface area contributed by atoms with Crippen LogP contribution < -0.4 is 5.32 Å². The normalized spacial score (nSPS) is 17.9. The molecule has 1 saturated heterocycles. The molecule has 27 heavy (non-hydrogen) atoms. The van der Waals surface area contributed by atoms with E-state index in [1.165, 1.54) is 16.6 Å². The number of hydrogen-bond donors (Lipinski definition) is 2. The van der Waals surface area contributed by atoms with Crippen LogP contribution in [0.25, 0.3) is 10.9 Å². The van der Waals surface area contributed by atoms with Gasteiger partial charge in [-0.15, -0.1) is 0 Å². The highest BCUT2D eigenvalue weighted by Gasteiger charge is 2.41. The van der Waals surface area contributed by atoms with E-state index in [2.05, 4.69) is 58.5 Å². The summed E-state index contributed by atoms with van der Waals surface area (Å²) in [6.45, 7) is 4.75. The number of para-hydroxylation sites is 2. The zero-order valence-electron chi connectivity index (χ0n) is 15.7. The molecule has 2 aliphatic heterocycles. The van der Waals surface area contributed by atoms with Gasteiger partial charge in [-0.05, 0) is 43.0 Å². The van der Waals surface area contributed by atoms with Gasteiger partial charge in [-0.1, -0.05) is 36.4 Å². The van der Waals surface area contributed by atoms with Gasteiger partial charge in [0.15, 0.2) is 0 Å². The number of hydrogen-bond acceptors (Lipinski definition) is 2. The van der Waals surface area contributed by atoms with E-state index in [4.69, 9.17) is 0 Å². The van der Waals surface area contributed by atoms with Crippen LogP contribution in [-0.2, 0) is 16.6 Å². The number of nitrogens with one attached hydrogen (secondary N) is 2. The molecule has 1 aromatic heterocycles. The van der Waals surface area contributed by atoms with Gasteiger partial charge in [0.25, 0.3) is 0 Å². The first-order chi connectivity index (χ1) is 13.2. The summed E-state index contributed by atoms with van der Waals surface area (Å²) in [5, 5.41) is 4.73. The van der Waals surface area contributed by atoms with Crippen LogP contribution in [0.2, 0.25) is 0 Å². The van der Waals surface area contributed by atoms with Gasteiger partial charge < -0.3 is 15.2 Å². The van der Waals surface area contributed by atoms with Gasteiger partial charge in [-0.25, -0.2) is 0 Å². The van der Waals surface area contributed by atoms with E-state index >= 15 is 0 Å². The van der Waals surface area contributed by atoms with Crippen LogP contribution in [-0.4, -0.2) is 35.4 Å². The first-order valence-corrected chi connectivity index (χ1v) is 9.84. The van der Waals surface area contributed by atoms with Gasteiger partial charge in [0.05, 0.1) is 6.42 Å². The number of piperidine rings is 1.